The summed E-state index contributed by atoms with van der Waals surface area (Å²) in [5.41, 5.74) is 0.303. The fourth-order valence-corrected chi connectivity index (χ4v) is 2.68. The lowest BCUT2D eigenvalue weighted by atomic mass is 10.1. The van der Waals surface area contributed by atoms with E-state index in [0.717, 1.165) is 0 Å². The molecule has 0 aliphatic carbocycles. The quantitative estimate of drug-likeness (QED) is 0.862. The Kier molecular flexibility index (Phi) is 4.87. The molecular formula is C15H19Cl2N3O2. The van der Waals surface area contributed by atoms with E-state index in [-0.39, 0.29) is 23.5 Å². The molecule has 1 aromatic rings. The average Bonchev–Trinajstić information content (AvgIpc) is 2.74. The van der Waals surface area contributed by atoms with Crippen molar-refractivity contribution in [1.29, 1.82) is 0 Å². The summed E-state index contributed by atoms with van der Waals surface area (Å²) < 4.78 is 0. The number of amides is 3. The van der Waals surface area contributed by atoms with Crippen LogP contribution in [0.2, 0.25) is 10.0 Å². The molecule has 3 amide bonds. The summed E-state index contributed by atoms with van der Waals surface area (Å²) >= 11 is 11.7. The van der Waals surface area contributed by atoms with Crippen LogP contribution < -0.4 is 10.6 Å². The van der Waals surface area contributed by atoms with E-state index in [2.05, 4.69) is 10.6 Å². The fraction of sp³-hybridized carbons (Fsp3) is 0.467. The first-order valence-corrected chi connectivity index (χ1v) is 7.75. The summed E-state index contributed by atoms with van der Waals surface area (Å²) in [7, 11) is 0. The number of benzene rings is 1. The van der Waals surface area contributed by atoms with E-state index >= 15 is 0 Å². The van der Waals surface area contributed by atoms with Crippen LogP contribution in [-0.2, 0) is 4.79 Å². The minimum absolute atomic E-state index is 0.0485. The van der Waals surface area contributed by atoms with Crippen molar-refractivity contribution < 1.29 is 9.59 Å². The summed E-state index contributed by atoms with van der Waals surface area (Å²) in [4.78, 5) is 25.7. The summed E-state index contributed by atoms with van der Waals surface area (Å²) in [6.45, 7) is 6.44. The van der Waals surface area contributed by atoms with Gasteiger partial charge in [0.1, 0.15) is 0 Å². The molecule has 1 aromatic carbocycles. The first kappa shape index (κ1) is 16.9. The van der Waals surface area contributed by atoms with Crippen molar-refractivity contribution in [3.8, 4) is 0 Å². The van der Waals surface area contributed by atoms with Crippen LogP contribution in [-0.4, -0.2) is 35.0 Å². The third-order valence-corrected chi connectivity index (χ3v) is 4.19. The van der Waals surface area contributed by atoms with Crippen LogP contribution in [0, 0.1) is 0 Å². The van der Waals surface area contributed by atoms with Gasteiger partial charge in [0.2, 0.25) is 5.91 Å². The maximum absolute atomic E-state index is 12.0. The minimum atomic E-state index is -0.369. The van der Waals surface area contributed by atoms with Crippen LogP contribution in [0.5, 0.6) is 0 Å². The molecule has 120 valence electrons. The molecule has 0 radical (unpaired) electrons. The zero-order valence-electron chi connectivity index (χ0n) is 12.7. The lowest BCUT2D eigenvalue weighted by Gasteiger charge is -2.32. The first-order chi connectivity index (χ1) is 10.2. The van der Waals surface area contributed by atoms with E-state index in [9.17, 15) is 9.59 Å². The number of carbonyl (C=O) groups excluding carboxylic acids is 2. The minimum Gasteiger partial charge on any atom is -0.336 e. The number of likely N-dealkylation sites (tertiary alicyclic amines) is 1. The predicted molar refractivity (Wildman–Crippen MR) is 88.5 cm³/mol. The number of urea groups is 1. The van der Waals surface area contributed by atoms with Gasteiger partial charge >= 0.3 is 6.03 Å². The molecule has 1 aliphatic rings. The van der Waals surface area contributed by atoms with Crippen LogP contribution >= 0.6 is 23.2 Å². The number of anilines is 1. The Balaban J connectivity index is 1.93. The number of nitrogens with one attached hydrogen (secondary N) is 2. The second-order valence-corrected chi connectivity index (χ2v) is 7.12. The molecule has 1 saturated heterocycles. The van der Waals surface area contributed by atoms with Gasteiger partial charge in [-0.3, -0.25) is 4.79 Å². The molecule has 2 rings (SSSR count). The number of hydrogen-bond donors (Lipinski definition) is 2. The normalized spacial score (nSPS) is 18.5. The largest absolute Gasteiger partial charge is 0.336 e. The fourth-order valence-electron chi connectivity index (χ4n) is 2.38. The third-order valence-electron chi connectivity index (χ3n) is 3.45. The van der Waals surface area contributed by atoms with Crippen molar-refractivity contribution in [2.45, 2.75) is 38.8 Å². The summed E-state index contributed by atoms with van der Waals surface area (Å²) in [5.74, 6) is 0.0485. The standard InChI is InChI=1S/C15H19Cl2N3O2/c1-15(2,3)20-8-10(7-13(20)21)19-14(22)18-9-4-5-11(16)12(17)6-9/h4-6,10H,7-8H2,1-3H3,(H2,18,19,22). The predicted octanol–water partition coefficient (Wildman–Crippen LogP) is 3.51. The Hall–Kier alpha value is -1.46. The molecule has 0 aromatic heterocycles. The highest BCUT2D eigenvalue weighted by molar-refractivity contribution is 6.42. The van der Waals surface area contributed by atoms with Gasteiger partial charge < -0.3 is 15.5 Å². The SMILES string of the molecule is CC(C)(C)N1CC(NC(=O)Nc2ccc(Cl)c(Cl)c2)CC1=O. The number of carbonyl (C=O) groups is 2. The summed E-state index contributed by atoms with van der Waals surface area (Å²) in [6.07, 6.45) is 0.312. The molecule has 5 nitrogen and oxygen atoms in total. The summed E-state index contributed by atoms with van der Waals surface area (Å²) in [6, 6.07) is 4.28. The molecule has 7 heteroatoms. The zero-order chi connectivity index (χ0) is 16.5. The topological polar surface area (TPSA) is 61.4 Å². The Morgan fingerprint density at radius 2 is 1.95 bits per heavy atom. The monoisotopic (exact) mass is 343 g/mol. The molecule has 22 heavy (non-hydrogen) atoms. The van der Waals surface area contributed by atoms with Crippen LogP contribution in [0.25, 0.3) is 0 Å². The maximum atomic E-state index is 12.0. The van der Waals surface area contributed by atoms with Crippen LogP contribution in [0.15, 0.2) is 18.2 Å². The van der Waals surface area contributed by atoms with E-state index < -0.39 is 0 Å². The van der Waals surface area contributed by atoms with Crippen molar-refractivity contribution in [2.24, 2.45) is 0 Å². The molecule has 0 bridgehead atoms. The average molecular weight is 344 g/mol. The van der Waals surface area contributed by atoms with Gasteiger partial charge in [0.15, 0.2) is 0 Å². The van der Waals surface area contributed by atoms with Crippen molar-refractivity contribution in [1.82, 2.24) is 10.2 Å². The Morgan fingerprint density at radius 1 is 1.27 bits per heavy atom. The van der Waals surface area contributed by atoms with Gasteiger partial charge in [0, 0.05) is 24.2 Å². The van der Waals surface area contributed by atoms with E-state index in [4.69, 9.17) is 23.2 Å². The van der Waals surface area contributed by atoms with E-state index in [1.54, 1.807) is 23.1 Å². The second-order valence-electron chi connectivity index (χ2n) is 6.30. The third kappa shape index (κ3) is 4.05. The van der Waals surface area contributed by atoms with E-state index in [0.29, 0.717) is 28.7 Å². The molecular weight excluding hydrogens is 325 g/mol. The molecule has 1 fully saturated rings. The molecule has 1 unspecified atom stereocenters. The smallest absolute Gasteiger partial charge is 0.319 e. The van der Waals surface area contributed by atoms with Crippen LogP contribution in [0.3, 0.4) is 0 Å². The van der Waals surface area contributed by atoms with Gasteiger partial charge in [-0.25, -0.2) is 4.79 Å². The summed E-state index contributed by atoms with van der Waals surface area (Å²) in [5, 5.41) is 6.28. The molecule has 1 heterocycles. The van der Waals surface area contributed by atoms with Crippen LogP contribution in [0.4, 0.5) is 10.5 Å². The number of halogens is 2. The number of hydrogen-bond acceptors (Lipinski definition) is 2. The lowest BCUT2D eigenvalue weighted by Crippen LogP contribution is -2.45. The Labute approximate surface area is 139 Å². The van der Waals surface area contributed by atoms with Crippen molar-refractivity contribution in [3.05, 3.63) is 28.2 Å². The highest BCUT2D eigenvalue weighted by Gasteiger charge is 2.36. The Bertz CT molecular complexity index is 599. The molecule has 0 spiro atoms. The lowest BCUT2D eigenvalue weighted by molar-refractivity contribution is -0.131. The van der Waals surface area contributed by atoms with E-state index in [1.807, 2.05) is 20.8 Å². The van der Waals surface area contributed by atoms with Gasteiger partial charge in [-0.05, 0) is 39.0 Å². The number of rotatable bonds is 2. The second kappa shape index (κ2) is 6.34. The van der Waals surface area contributed by atoms with Crippen molar-refractivity contribution in [3.63, 3.8) is 0 Å². The van der Waals surface area contributed by atoms with Crippen molar-refractivity contribution in [2.75, 3.05) is 11.9 Å². The molecule has 1 atom stereocenters. The first-order valence-electron chi connectivity index (χ1n) is 7.00. The van der Waals surface area contributed by atoms with Crippen LogP contribution in [0.1, 0.15) is 27.2 Å². The van der Waals surface area contributed by atoms with Gasteiger partial charge in [0.05, 0.1) is 16.1 Å². The van der Waals surface area contributed by atoms with Gasteiger partial charge in [0.25, 0.3) is 0 Å². The van der Waals surface area contributed by atoms with Crippen molar-refractivity contribution >= 4 is 40.8 Å². The van der Waals surface area contributed by atoms with Gasteiger partial charge in [-0.1, -0.05) is 23.2 Å². The highest BCUT2D eigenvalue weighted by Crippen LogP contribution is 2.25. The maximum Gasteiger partial charge on any atom is 0.319 e. The molecule has 1 aliphatic heterocycles. The van der Waals surface area contributed by atoms with Gasteiger partial charge in [-0.2, -0.15) is 0 Å². The molecule has 0 saturated carbocycles. The molecule has 2 N–H and O–H groups in total. The highest BCUT2D eigenvalue weighted by atomic mass is 35.5. The van der Waals surface area contributed by atoms with Gasteiger partial charge in [-0.15, -0.1) is 0 Å². The number of nitrogens with zero attached hydrogens (tertiary/aromatic N) is 1. The Morgan fingerprint density at radius 3 is 2.50 bits per heavy atom. The zero-order valence-corrected chi connectivity index (χ0v) is 14.3. The van der Waals surface area contributed by atoms with E-state index in [1.165, 1.54) is 0 Å².